The molecule has 3 aromatic rings. The third-order valence-corrected chi connectivity index (χ3v) is 7.17. The summed E-state index contributed by atoms with van der Waals surface area (Å²) in [6, 6.07) is 18.5. The first-order valence-corrected chi connectivity index (χ1v) is 13.9. The van der Waals surface area contributed by atoms with E-state index in [-0.39, 0.29) is 0 Å². The summed E-state index contributed by atoms with van der Waals surface area (Å²) < 4.78 is 13.3. The van der Waals surface area contributed by atoms with Crippen LogP contribution in [-0.2, 0) is 38.5 Å². The maximum Gasteiger partial charge on any atom is 0.123 e. The Balaban J connectivity index is 1.87. The van der Waals surface area contributed by atoms with Crippen molar-refractivity contribution in [2.45, 2.75) is 105 Å². The van der Waals surface area contributed by atoms with E-state index in [1.165, 1.54) is 22.3 Å². The molecule has 3 heteroatoms. The van der Waals surface area contributed by atoms with Crippen LogP contribution >= 0.6 is 0 Å². The van der Waals surface area contributed by atoms with Gasteiger partial charge in [-0.3, -0.25) is 0 Å². The molecule has 3 rings (SSSR count). The van der Waals surface area contributed by atoms with E-state index >= 15 is 0 Å². The van der Waals surface area contributed by atoms with Gasteiger partial charge in [-0.2, -0.15) is 0 Å². The number of hydrogen-bond acceptors (Lipinski definition) is 3. The zero-order valence-corrected chi connectivity index (χ0v) is 24.2. The second-order valence-corrected chi connectivity index (χ2v) is 11.2. The maximum atomic E-state index is 10.9. The van der Waals surface area contributed by atoms with Gasteiger partial charge in [0, 0.05) is 18.4 Å². The molecule has 3 nitrogen and oxygen atoms in total. The van der Waals surface area contributed by atoms with Crippen molar-refractivity contribution >= 4 is 0 Å². The van der Waals surface area contributed by atoms with Gasteiger partial charge in [0.25, 0.3) is 0 Å². The second kappa shape index (κ2) is 12.1. The van der Waals surface area contributed by atoms with Gasteiger partial charge in [-0.1, -0.05) is 64.1 Å². The number of hydrogen-bond donors (Lipinski definition) is 1. The van der Waals surface area contributed by atoms with Crippen molar-refractivity contribution in [2.24, 2.45) is 0 Å². The summed E-state index contributed by atoms with van der Waals surface area (Å²) in [5, 5.41) is 10.9. The average Bonchev–Trinajstić information content (AvgIpc) is 2.85. The Morgan fingerprint density at radius 1 is 0.541 bits per heavy atom. The molecular weight excluding hydrogens is 456 g/mol. The molecule has 0 amide bonds. The summed E-state index contributed by atoms with van der Waals surface area (Å²) in [4.78, 5) is 0. The molecule has 0 bridgehead atoms. The molecule has 0 aliphatic rings. The van der Waals surface area contributed by atoms with Gasteiger partial charge < -0.3 is 14.6 Å². The van der Waals surface area contributed by atoms with Crippen LogP contribution in [0.3, 0.4) is 0 Å². The standard InChI is InChI=1S/C34H46O3/c1-9-24-16-14-20-31(27(24)11-3)36-33(5,6)22-26-18-13-19-30(35)29(26)23-34(7,8)37-32-21-15-17-25(10-2)28(32)12-4/h13-21,35H,9-12,22-23H2,1-8H3. The van der Waals surface area contributed by atoms with E-state index in [4.69, 9.17) is 9.47 Å². The summed E-state index contributed by atoms with van der Waals surface area (Å²) in [6.07, 6.45) is 5.13. The lowest BCUT2D eigenvalue weighted by Gasteiger charge is -2.32. The van der Waals surface area contributed by atoms with Crippen LogP contribution in [0, 0.1) is 0 Å². The van der Waals surface area contributed by atoms with Gasteiger partial charge in [-0.05, 0) is 99.4 Å². The largest absolute Gasteiger partial charge is 0.508 e. The fourth-order valence-electron chi connectivity index (χ4n) is 5.42. The molecule has 0 saturated carbocycles. The molecule has 0 heterocycles. The van der Waals surface area contributed by atoms with E-state index in [0.717, 1.165) is 48.3 Å². The minimum atomic E-state index is -0.500. The highest BCUT2D eigenvalue weighted by Gasteiger charge is 2.29. The van der Waals surface area contributed by atoms with Crippen molar-refractivity contribution in [3.63, 3.8) is 0 Å². The Morgan fingerprint density at radius 2 is 0.973 bits per heavy atom. The van der Waals surface area contributed by atoms with E-state index < -0.39 is 11.2 Å². The number of rotatable bonds is 12. The highest BCUT2D eigenvalue weighted by Crippen LogP contribution is 2.34. The van der Waals surface area contributed by atoms with Crippen LogP contribution in [0.5, 0.6) is 17.2 Å². The Labute approximate surface area is 224 Å². The zero-order chi connectivity index (χ0) is 27.2. The summed E-state index contributed by atoms with van der Waals surface area (Å²) in [7, 11) is 0. The van der Waals surface area contributed by atoms with E-state index in [0.29, 0.717) is 18.6 Å². The van der Waals surface area contributed by atoms with E-state index in [1.54, 1.807) is 6.07 Å². The Kier molecular flexibility index (Phi) is 9.34. The Morgan fingerprint density at radius 3 is 1.43 bits per heavy atom. The van der Waals surface area contributed by atoms with E-state index in [2.05, 4.69) is 97.9 Å². The fraction of sp³-hybridized carbons (Fsp3) is 0.471. The van der Waals surface area contributed by atoms with E-state index in [9.17, 15) is 5.11 Å². The number of benzene rings is 3. The van der Waals surface area contributed by atoms with Gasteiger partial charge in [0.15, 0.2) is 0 Å². The summed E-state index contributed by atoms with van der Waals surface area (Å²) in [5.74, 6) is 2.21. The third-order valence-electron chi connectivity index (χ3n) is 7.17. The molecule has 3 aromatic carbocycles. The first-order chi connectivity index (χ1) is 17.5. The number of phenolic OH excluding ortho intramolecular Hbond substituents is 1. The van der Waals surface area contributed by atoms with Crippen LogP contribution in [0.1, 0.15) is 88.8 Å². The molecule has 0 aromatic heterocycles. The molecule has 0 aliphatic carbocycles. The minimum absolute atomic E-state index is 0.310. The van der Waals surface area contributed by atoms with Gasteiger partial charge in [0.05, 0.1) is 0 Å². The maximum absolute atomic E-state index is 10.9. The van der Waals surface area contributed by atoms with Crippen molar-refractivity contribution in [2.75, 3.05) is 0 Å². The third kappa shape index (κ3) is 7.09. The molecule has 0 radical (unpaired) electrons. The lowest BCUT2D eigenvalue weighted by atomic mass is 9.88. The number of phenols is 1. The van der Waals surface area contributed by atoms with Crippen molar-refractivity contribution in [1.29, 1.82) is 0 Å². The van der Waals surface area contributed by atoms with Crippen molar-refractivity contribution in [3.8, 4) is 17.2 Å². The zero-order valence-electron chi connectivity index (χ0n) is 24.2. The van der Waals surface area contributed by atoms with E-state index in [1.807, 2.05) is 6.07 Å². The molecule has 0 saturated heterocycles. The fourth-order valence-corrected chi connectivity index (χ4v) is 5.42. The van der Waals surface area contributed by atoms with Gasteiger partial charge in [0.1, 0.15) is 28.5 Å². The number of aryl methyl sites for hydroxylation is 2. The molecule has 0 spiro atoms. The molecule has 37 heavy (non-hydrogen) atoms. The first-order valence-electron chi connectivity index (χ1n) is 13.9. The Hall–Kier alpha value is -2.94. The van der Waals surface area contributed by atoms with Gasteiger partial charge in [0.2, 0.25) is 0 Å². The molecule has 0 fully saturated rings. The van der Waals surface area contributed by atoms with Crippen LogP contribution in [0.25, 0.3) is 0 Å². The Bertz CT molecular complexity index is 1190. The molecule has 0 atom stereocenters. The van der Waals surface area contributed by atoms with Crippen molar-refractivity contribution < 1.29 is 14.6 Å². The lowest BCUT2D eigenvalue weighted by Crippen LogP contribution is -2.34. The summed E-state index contributed by atoms with van der Waals surface area (Å²) in [6.45, 7) is 17.2. The quantitative estimate of drug-likeness (QED) is 0.270. The van der Waals surface area contributed by atoms with Gasteiger partial charge in [-0.25, -0.2) is 0 Å². The summed E-state index contributed by atoms with van der Waals surface area (Å²) >= 11 is 0. The second-order valence-electron chi connectivity index (χ2n) is 11.2. The van der Waals surface area contributed by atoms with Gasteiger partial charge >= 0.3 is 0 Å². The molecule has 0 unspecified atom stereocenters. The van der Waals surface area contributed by atoms with Crippen LogP contribution in [0.2, 0.25) is 0 Å². The number of aromatic hydroxyl groups is 1. The molecule has 200 valence electrons. The SMILES string of the molecule is CCc1cccc(OC(C)(C)Cc2cccc(O)c2CC(C)(C)Oc2cccc(CC)c2CC)c1CC. The first kappa shape index (κ1) is 28.6. The van der Waals surface area contributed by atoms with Crippen molar-refractivity contribution in [1.82, 2.24) is 0 Å². The average molecular weight is 503 g/mol. The van der Waals surface area contributed by atoms with Crippen LogP contribution < -0.4 is 9.47 Å². The van der Waals surface area contributed by atoms with Crippen molar-refractivity contribution in [3.05, 3.63) is 88.0 Å². The molecular formula is C34H46O3. The van der Waals surface area contributed by atoms with Crippen LogP contribution in [0.15, 0.2) is 54.6 Å². The number of ether oxygens (including phenoxy) is 2. The predicted molar refractivity (Wildman–Crippen MR) is 155 cm³/mol. The smallest absolute Gasteiger partial charge is 0.123 e. The topological polar surface area (TPSA) is 38.7 Å². The summed E-state index contributed by atoms with van der Waals surface area (Å²) in [5.41, 5.74) is 6.28. The van der Waals surface area contributed by atoms with Crippen LogP contribution in [0.4, 0.5) is 0 Å². The van der Waals surface area contributed by atoms with Crippen LogP contribution in [-0.4, -0.2) is 16.3 Å². The highest BCUT2D eigenvalue weighted by atomic mass is 16.5. The molecule has 1 N–H and O–H groups in total. The minimum Gasteiger partial charge on any atom is -0.508 e. The molecule has 0 aliphatic heterocycles. The monoisotopic (exact) mass is 502 g/mol. The van der Waals surface area contributed by atoms with Gasteiger partial charge in [-0.15, -0.1) is 0 Å². The highest BCUT2D eigenvalue weighted by molar-refractivity contribution is 5.44. The predicted octanol–water partition coefficient (Wildman–Crippen LogP) is 8.44. The normalized spacial score (nSPS) is 12.0. The lowest BCUT2D eigenvalue weighted by molar-refractivity contribution is 0.101.